The number of hydrogen-bond acceptors (Lipinski definition) is 5. The maximum Gasteiger partial charge on any atom is 0.416 e. The van der Waals surface area contributed by atoms with Crippen LogP contribution >= 0.6 is 0 Å². The van der Waals surface area contributed by atoms with Gasteiger partial charge in [-0.25, -0.2) is 0 Å². The number of nitrogens with one attached hydrogen (secondary N) is 1. The van der Waals surface area contributed by atoms with Gasteiger partial charge in [-0.05, 0) is 48.6 Å². The molecule has 0 radical (unpaired) electrons. The van der Waals surface area contributed by atoms with E-state index >= 15 is 0 Å². The summed E-state index contributed by atoms with van der Waals surface area (Å²) in [7, 11) is 1.38. The number of carbonyl (C=O) groups is 1. The van der Waals surface area contributed by atoms with E-state index in [0.717, 1.165) is 52.8 Å². The van der Waals surface area contributed by atoms with Gasteiger partial charge in [-0.1, -0.05) is 30.3 Å². The first kappa shape index (κ1) is 24.5. The van der Waals surface area contributed by atoms with Crippen molar-refractivity contribution in [1.82, 2.24) is 14.8 Å². The largest absolute Gasteiger partial charge is 0.468 e. The van der Waals surface area contributed by atoms with Crippen LogP contribution in [0, 0.1) is 0 Å². The summed E-state index contributed by atoms with van der Waals surface area (Å²) in [5.41, 5.74) is 3.21. The van der Waals surface area contributed by atoms with Crippen LogP contribution in [0.4, 0.5) is 13.2 Å². The van der Waals surface area contributed by atoms with Crippen LogP contribution in [0.15, 0.2) is 48.5 Å². The van der Waals surface area contributed by atoms with Crippen LogP contribution in [0.1, 0.15) is 53.7 Å². The number of piperidine rings is 1. The molecule has 0 aliphatic carbocycles. The summed E-state index contributed by atoms with van der Waals surface area (Å²) in [4.78, 5) is 21.2. The first-order valence-corrected chi connectivity index (χ1v) is 12.8. The molecule has 3 aliphatic rings. The molecular formula is C28H30F3N3O3. The molecule has 1 aromatic heterocycles. The molecule has 0 saturated carbocycles. The Kier molecular flexibility index (Phi) is 6.05. The van der Waals surface area contributed by atoms with E-state index in [0.29, 0.717) is 25.8 Å². The summed E-state index contributed by atoms with van der Waals surface area (Å²) in [6.07, 6.45) is -2.22. The van der Waals surface area contributed by atoms with Crippen LogP contribution in [-0.4, -0.2) is 64.2 Å². The molecule has 3 aliphatic heterocycles. The molecule has 37 heavy (non-hydrogen) atoms. The van der Waals surface area contributed by atoms with Crippen LogP contribution in [-0.2, 0) is 22.1 Å². The molecule has 9 heteroatoms. The molecule has 0 bridgehead atoms. The first-order chi connectivity index (χ1) is 17.7. The molecule has 0 amide bonds. The minimum absolute atomic E-state index is 0.112. The summed E-state index contributed by atoms with van der Waals surface area (Å²) >= 11 is 0. The Morgan fingerprint density at radius 1 is 1.08 bits per heavy atom. The highest BCUT2D eigenvalue weighted by Crippen LogP contribution is 2.50. The third kappa shape index (κ3) is 4.23. The standard InChI is InChI=1S/C28H30F3N3O3/c1-37-27(36)25-14-21-20-4-2-3-5-22(20)32-26(21)24-13-18(33-11-10-19(35)15-33)12-23(34(24)25)16-6-8-17(9-7-16)28(29,30)31/h2-9,18-19,23-25,32,35H,10-15H2,1H3/t18-,19-,23+,24-,25+/m1/s1. The lowest BCUT2D eigenvalue weighted by Crippen LogP contribution is -2.56. The predicted molar refractivity (Wildman–Crippen MR) is 132 cm³/mol. The number of aromatic amines is 1. The van der Waals surface area contributed by atoms with Crippen LogP contribution in [0.2, 0.25) is 0 Å². The number of esters is 1. The number of likely N-dealkylation sites (tertiary alicyclic amines) is 1. The molecule has 4 heterocycles. The normalized spacial score (nSPS) is 28.7. The van der Waals surface area contributed by atoms with Gasteiger partial charge in [-0.15, -0.1) is 0 Å². The van der Waals surface area contributed by atoms with Gasteiger partial charge in [0, 0.05) is 48.2 Å². The van der Waals surface area contributed by atoms with Gasteiger partial charge in [0.2, 0.25) is 0 Å². The molecule has 3 aromatic rings. The Labute approximate surface area is 213 Å². The zero-order valence-electron chi connectivity index (χ0n) is 20.5. The van der Waals surface area contributed by atoms with Crippen LogP contribution < -0.4 is 0 Å². The average Bonchev–Trinajstić information content (AvgIpc) is 3.50. The maximum absolute atomic E-state index is 13.3. The molecule has 2 N–H and O–H groups in total. The number of rotatable bonds is 3. The number of H-pyrrole nitrogens is 1. The van der Waals surface area contributed by atoms with Crippen LogP contribution in [0.3, 0.4) is 0 Å². The smallest absolute Gasteiger partial charge is 0.416 e. The number of ether oxygens (including phenoxy) is 1. The number of alkyl halides is 3. The van der Waals surface area contributed by atoms with E-state index in [1.54, 1.807) is 12.1 Å². The Morgan fingerprint density at radius 2 is 1.81 bits per heavy atom. The van der Waals surface area contributed by atoms with Crippen molar-refractivity contribution >= 4 is 16.9 Å². The number of aliphatic hydroxyl groups excluding tert-OH is 1. The number of halogens is 3. The Bertz CT molecular complexity index is 1310. The second-order valence-electron chi connectivity index (χ2n) is 10.5. The van der Waals surface area contributed by atoms with Gasteiger partial charge in [0.1, 0.15) is 6.04 Å². The second kappa shape index (κ2) is 9.15. The Hall–Kier alpha value is -2.88. The van der Waals surface area contributed by atoms with Crippen molar-refractivity contribution in [1.29, 1.82) is 0 Å². The van der Waals surface area contributed by atoms with Crippen molar-refractivity contribution in [2.75, 3.05) is 20.2 Å². The van der Waals surface area contributed by atoms with Crippen LogP contribution in [0.25, 0.3) is 10.9 Å². The fourth-order valence-electron chi connectivity index (χ4n) is 6.74. The minimum Gasteiger partial charge on any atom is -0.468 e. The van der Waals surface area contributed by atoms with Gasteiger partial charge in [0.15, 0.2) is 0 Å². The summed E-state index contributed by atoms with van der Waals surface area (Å²) in [6.45, 7) is 1.36. The molecule has 6 nitrogen and oxygen atoms in total. The lowest BCUT2D eigenvalue weighted by Gasteiger charge is -2.52. The van der Waals surface area contributed by atoms with Crippen molar-refractivity contribution < 1.29 is 27.8 Å². The number of para-hydroxylation sites is 1. The lowest BCUT2D eigenvalue weighted by atomic mass is 9.79. The van der Waals surface area contributed by atoms with Gasteiger partial charge in [0.25, 0.3) is 0 Å². The monoisotopic (exact) mass is 513 g/mol. The van der Waals surface area contributed by atoms with Gasteiger partial charge in [0.05, 0.1) is 24.8 Å². The Morgan fingerprint density at radius 3 is 2.49 bits per heavy atom. The molecule has 6 rings (SSSR count). The molecule has 2 fully saturated rings. The molecule has 2 aromatic carbocycles. The van der Waals surface area contributed by atoms with Crippen molar-refractivity contribution in [2.45, 2.75) is 62.1 Å². The molecular weight excluding hydrogens is 483 g/mol. The van der Waals surface area contributed by atoms with Crippen molar-refractivity contribution in [2.24, 2.45) is 0 Å². The first-order valence-electron chi connectivity index (χ1n) is 12.8. The lowest BCUT2D eigenvalue weighted by molar-refractivity contribution is -0.152. The van der Waals surface area contributed by atoms with Gasteiger partial charge < -0.3 is 14.8 Å². The number of fused-ring (bicyclic) bond motifs is 5. The number of aliphatic hydroxyl groups is 1. The average molecular weight is 514 g/mol. The Balaban J connectivity index is 1.47. The van der Waals surface area contributed by atoms with E-state index in [2.05, 4.69) is 20.9 Å². The summed E-state index contributed by atoms with van der Waals surface area (Å²) in [6, 6.07) is 12.5. The van der Waals surface area contributed by atoms with Crippen molar-refractivity contribution in [3.63, 3.8) is 0 Å². The van der Waals surface area contributed by atoms with E-state index in [1.807, 2.05) is 18.2 Å². The van der Waals surface area contributed by atoms with E-state index in [4.69, 9.17) is 4.74 Å². The molecule has 0 unspecified atom stereocenters. The zero-order chi connectivity index (χ0) is 25.9. The van der Waals surface area contributed by atoms with E-state index in [-0.39, 0.29) is 30.2 Å². The number of nitrogens with zero attached hydrogens (tertiary/aromatic N) is 2. The highest BCUT2D eigenvalue weighted by molar-refractivity contribution is 5.87. The third-order valence-corrected chi connectivity index (χ3v) is 8.45. The molecule has 2 saturated heterocycles. The summed E-state index contributed by atoms with van der Waals surface area (Å²) in [5.74, 6) is -0.340. The second-order valence-corrected chi connectivity index (χ2v) is 10.5. The third-order valence-electron chi connectivity index (χ3n) is 8.45. The highest BCUT2D eigenvalue weighted by Gasteiger charge is 2.49. The number of methoxy groups -OCH3 is 1. The van der Waals surface area contributed by atoms with Gasteiger partial charge in [-0.2, -0.15) is 13.2 Å². The number of β-amino-alcohol motifs (C(OH)–C–C–N with tert-alkyl or cyclic N) is 1. The highest BCUT2D eigenvalue weighted by atomic mass is 19.4. The minimum atomic E-state index is -4.42. The summed E-state index contributed by atoms with van der Waals surface area (Å²) < 4.78 is 45.2. The maximum atomic E-state index is 13.3. The fraction of sp³-hybridized carbons (Fsp3) is 0.464. The van der Waals surface area contributed by atoms with Gasteiger partial charge in [-0.3, -0.25) is 14.6 Å². The number of benzene rings is 2. The topological polar surface area (TPSA) is 68.8 Å². The van der Waals surface area contributed by atoms with E-state index in [9.17, 15) is 23.1 Å². The molecule has 196 valence electrons. The number of hydrogen-bond donors (Lipinski definition) is 2. The predicted octanol–water partition coefficient (Wildman–Crippen LogP) is 4.60. The summed E-state index contributed by atoms with van der Waals surface area (Å²) in [5, 5.41) is 11.3. The quantitative estimate of drug-likeness (QED) is 0.502. The van der Waals surface area contributed by atoms with E-state index < -0.39 is 17.8 Å². The SMILES string of the molecule is COC(=O)[C@@H]1Cc2c([nH]c3ccccc23)[C@H]2C[C@H](N3CC[C@@H](O)C3)C[C@@H](c3ccc(C(F)(F)F)cc3)N21. The van der Waals surface area contributed by atoms with Crippen LogP contribution in [0.5, 0.6) is 0 Å². The van der Waals surface area contributed by atoms with Crippen molar-refractivity contribution in [3.8, 4) is 0 Å². The molecule has 5 atom stereocenters. The van der Waals surface area contributed by atoms with E-state index in [1.165, 1.54) is 7.11 Å². The zero-order valence-corrected chi connectivity index (χ0v) is 20.5. The number of aromatic nitrogens is 1. The van der Waals surface area contributed by atoms with Gasteiger partial charge >= 0.3 is 12.1 Å². The van der Waals surface area contributed by atoms with Crippen molar-refractivity contribution in [3.05, 3.63) is 70.9 Å². The molecule has 0 spiro atoms. The fourth-order valence-corrected chi connectivity index (χ4v) is 6.74. The number of carbonyl (C=O) groups excluding carboxylic acids is 1.